The fourth-order valence-corrected chi connectivity index (χ4v) is 9.53. The summed E-state index contributed by atoms with van der Waals surface area (Å²) in [4.78, 5) is 38.2. The molecule has 6 nitrogen and oxygen atoms in total. The van der Waals surface area contributed by atoms with Crippen LogP contribution in [0.2, 0.25) is 0 Å². The van der Waals surface area contributed by atoms with E-state index < -0.39 is 6.10 Å². The minimum atomic E-state index is -0.771. The van der Waals surface area contributed by atoms with Gasteiger partial charge in [-0.25, -0.2) is 0 Å². The minimum absolute atomic E-state index is 0.0696. The lowest BCUT2D eigenvalue weighted by Crippen LogP contribution is -2.30. The van der Waals surface area contributed by atoms with E-state index in [1.165, 1.54) is 244 Å². The van der Waals surface area contributed by atoms with Gasteiger partial charge in [-0.05, 0) is 77.0 Å². The molecular formula is C66H122O6. The van der Waals surface area contributed by atoms with E-state index in [1.54, 1.807) is 0 Å². The van der Waals surface area contributed by atoms with E-state index >= 15 is 0 Å². The summed E-state index contributed by atoms with van der Waals surface area (Å²) in [5, 5.41) is 0. The predicted molar refractivity (Wildman–Crippen MR) is 312 cm³/mol. The Labute approximate surface area is 448 Å². The van der Waals surface area contributed by atoms with Crippen molar-refractivity contribution in [3.05, 3.63) is 36.5 Å². The van der Waals surface area contributed by atoms with Crippen molar-refractivity contribution in [2.75, 3.05) is 13.2 Å². The summed E-state index contributed by atoms with van der Waals surface area (Å²) in [6.45, 7) is 6.67. The van der Waals surface area contributed by atoms with Crippen molar-refractivity contribution in [3.63, 3.8) is 0 Å². The molecular weight excluding hydrogens is 889 g/mol. The minimum Gasteiger partial charge on any atom is -0.462 e. The Balaban J connectivity index is 4.22. The Kier molecular flexibility index (Phi) is 59.2. The van der Waals surface area contributed by atoms with Gasteiger partial charge in [0.2, 0.25) is 0 Å². The average molecular weight is 1010 g/mol. The molecule has 0 fully saturated rings. The zero-order chi connectivity index (χ0) is 52.2. The highest BCUT2D eigenvalue weighted by atomic mass is 16.6. The summed E-state index contributed by atoms with van der Waals surface area (Å²) in [6, 6.07) is 0. The van der Waals surface area contributed by atoms with Gasteiger partial charge in [-0.1, -0.05) is 288 Å². The van der Waals surface area contributed by atoms with Crippen molar-refractivity contribution in [1.29, 1.82) is 0 Å². The predicted octanol–water partition coefficient (Wildman–Crippen LogP) is 21.6. The second-order valence-electron chi connectivity index (χ2n) is 21.7. The molecule has 0 bridgehead atoms. The lowest BCUT2D eigenvalue weighted by molar-refractivity contribution is -0.167. The number of carbonyl (C=O) groups excluding carboxylic acids is 3. The first-order valence-corrected chi connectivity index (χ1v) is 32.0. The summed E-state index contributed by atoms with van der Waals surface area (Å²) >= 11 is 0. The van der Waals surface area contributed by atoms with E-state index in [0.717, 1.165) is 64.2 Å². The van der Waals surface area contributed by atoms with Crippen LogP contribution in [0.3, 0.4) is 0 Å². The molecule has 0 aromatic heterocycles. The van der Waals surface area contributed by atoms with Gasteiger partial charge >= 0.3 is 17.9 Å². The summed E-state index contributed by atoms with van der Waals surface area (Å²) in [7, 11) is 0. The fraction of sp³-hybridized carbons (Fsp3) is 0.864. The molecule has 0 aromatic rings. The van der Waals surface area contributed by atoms with Gasteiger partial charge in [0.15, 0.2) is 6.10 Å². The number of rotatable bonds is 59. The first-order chi connectivity index (χ1) is 35.5. The van der Waals surface area contributed by atoms with Crippen LogP contribution in [0.4, 0.5) is 0 Å². The number of hydrogen-bond donors (Lipinski definition) is 0. The van der Waals surface area contributed by atoms with Gasteiger partial charge in [-0.2, -0.15) is 0 Å². The Bertz CT molecular complexity index is 1210. The molecule has 0 saturated heterocycles. The molecule has 1 atom stereocenters. The summed E-state index contributed by atoms with van der Waals surface area (Å²) in [5.41, 5.74) is 0. The first kappa shape index (κ1) is 69.6. The number of ether oxygens (including phenoxy) is 3. The van der Waals surface area contributed by atoms with Crippen LogP contribution in [-0.4, -0.2) is 37.2 Å². The van der Waals surface area contributed by atoms with E-state index in [4.69, 9.17) is 14.2 Å². The lowest BCUT2D eigenvalue weighted by atomic mass is 10.0. The number of allylic oxidation sites excluding steroid dienone is 6. The van der Waals surface area contributed by atoms with Crippen LogP contribution in [0.1, 0.15) is 348 Å². The van der Waals surface area contributed by atoms with Gasteiger partial charge < -0.3 is 14.2 Å². The van der Waals surface area contributed by atoms with Crippen molar-refractivity contribution in [2.45, 2.75) is 354 Å². The molecule has 0 spiro atoms. The third-order valence-corrected chi connectivity index (χ3v) is 14.4. The molecule has 6 heteroatoms. The maximum absolute atomic E-state index is 12.9. The maximum atomic E-state index is 12.9. The quantitative estimate of drug-likeness (QED) is 0.0261. The highest BCUT2D eigenvalue weighted by molar-refractivity contribution is 5.71. The van der Waals surface area contributed by atoms with Gasteiger partial charge in [0, 0.05) is 19.3 Å². The third-order valence-electron chi connectivity index (χ3n) is 14.4. The fourth-order valence-electron chi connectivity index (χ4n) is 9.53. The molecule has 0 amide bonds. The number of esters is 3. The van der Waals surface area contributed by atoms with E-state index in [1.807, 2.05) is 0 Å². The average Bonchev–Trinajstić information content (AvgIpc) is 3.38. The summed E-state index contributed by atoms with van der Waals surface area (Å²) < 4.78 is 16.9. The topological polar surface area (TPSA) is 78.9 Å². The van der Waals surface area contributed by atoms with Crippen LogP contribution in [-0.2, 0) is 28.6 Å². The molecule has 422 valence electrons. The lowest BCUT2D eigenvalue weighted by Gasteiger charge is -2.18. The molecule has 0 N–H and O–H groups in total. The van der Waals surface area contributed by atoms with Crippen LogP contribution in [0.15, 0.2) is 36.5 Å². The van der Waals surface area contributed by atoms with Crippen molar-refractivity contribution in [1.82, 2.24) is 0 Å². The molecule has 0 aliphatic rings. The zero-order valence-corrected chi connectivity index (χ0v) is 48.5. The highest BCUT2D eigenvalue weighted by Crippen LogP contribution is 2.17. The van der Waals surface area contributed by atoms with Gasteiger partial charge in [0.1, 0.15) is 13.2 Å². The Morgan fingerprint density at radius 3 is 0.778 bits per heavy atom. The molecule has 0 aliphatic carbocycles. The van der Waals surface area contributed by atoms with Crippen molar-refractivity contribution < 1.29 is 28.6 Å². The normalized spacial score (nSPS) is 12.2. The van der Waals surface area contributed by atoms with Gasteiger partial charge in [-0.3, -0.25) is 14.4 Å². The second kappa shape index (κ2) is 61.2. The molecule has 0 radical (unpaired) electrons. The standard InChI is InChI=1S/C66H122O6/c1-4-7-10-13-16-19-22-24-26-28-30-31-32-33-34-35-36-38-39-41-44-47-50-53-56-59-65(68)71-62-63(61-70-64(67)58-55-52-49-46-43-21-18-15-12-9-6-3)72-66(69)60-57-54-51-48-45-42-40-37-29-27-25-23-20-17-14-11-8-5-2/h22,24,27-30,63H,4-21,23,25-26,31-62H2,1-3H3/b24-22-,29-27-,30-28-. The van der Waals surface area contributed by atoms with E-state index in [0.29, 0.717) is 19.3 Å². The Morgan fingerprint density at radius 2 is 0.500 bits per heavy atom. The van der Waals surface area contributed by atoms with E-state index in [9.17, 15) is 14.4 Å². The number of carbonyl (C=O) groups is 3. The monoisotopic (exact) mass is 1010 g/mol. The van der Waals surface area contributed by atoms with E-state index in [-0.39, 0.29) is 31.1 Å². The summed E-state index contributed by atoms with van der Waals surface area (Å²) in [6.07, 6.45) is 74.4. The molecule has 72 heavy (non-hydrogen) atoms. The summed E-state index contributed by atoms with van der Waals surface area (Å²) in [5.74, 6) is -0.854. The molecule has 0 aromatic carbocycles. The largest absolute Gasteiger partial charge is 0.462 e. The SMILES string of the molecule is CCCCCCC/C=C\C/C=C\CCCCCCCCCCCCCCCC(=O)OCC(COC(=O)CCCCCCCCCCCCC)OC(=O)CCCCCCCCC/C=C\CCCCCCCCC. The number of hydrogen-bond acceptors (Lipinski definition) is 6. The zero-order valence-electron chi connectivity index (χ0n) is 48.5. The molecule has 0 aliphatic heterocycles. The van der Waals surface area contributed by atoms with Crippen LogP contribution >= 0.6 is 0 Å². The van der Waals surface area contributed by atoms with Crippen molar-refractivity contribution in [2.24, 2.45) is 0 Å². The first-order valence-electron chi connectivity index (χ1n) is 32.0. The molecule has 0 rings (SSSR count). The Morgan fingerprint density at radius 1 is 0.278 bits per heavy atom. The Hall–Kier alpha value is -2.37. The molecule has 1 unspecified atom stereocenters. The highest BCUT2D eigenvalue weighted by Gasteiger charge is 2.19. The third kappa shape index (κ3) is 58.5. The second-order valence-corrected chi connectivity index (χ2v) is 21.7. The van der Waals surface area contributed by atoms with Crippen molar-refractivity contribution >= 4 is 17.9 Å². The van der Waals surface area contributed by atoms with E-state index in [2.05, 4.69) is 57.2 Å². The van der Waals surface area contributed by atoms with Crippen LogP contribution in [0.25, 0.3) is 0 Å². The number of unbranched alkanes of at least 4 members (excludes halogenated alkanes) is 42. The van der Waals surface area contributed by atoms with Gasteiger partial charge in [-0.15, -0.1) is 0 Å². The van der Waals surface area contributed by atoms with Crippen molar-refractivity contribution in [3.8, 4) is 0 Å². The molecule has 0 heterocycles. The van der Waals surface area contributed by atoms with Crippen LogP contribution in [0, 0.1) is 0 Å². The maximum Gasteiger partial charge on any atom is 0.306 e. The molecule has 0 saturated carbocycles. The van der Waals surface area contributed by atoms with Gasteiger partial charge in [0.05, 0.1) is 0 Å². The smallest absolute Gasteiger partial charge is 0.306 e. The van der Waals surface area contributed by atoms with Gasteiger partial charge in [0.25, 0.3) is 0 Å². The van der Waals surface area contributed by atoms with Crippen LogP contribution in [0.5, 0.6) is 0 Å². The van der Waals surface area contributed by atoms with Crippen LogP contribution < -0.4 is 0 Å².